The van der Waals surface area contributed by atoms with E-state index in [0.717, 1.165) is 5.56 Å². The number of anilines is 1. The first-order valence-electron chi connectivity index (χ1n) is 6.31. The monoisotopic (exact) mass is 375 g/mol. The molecule has 1 aliphatic heterocycles. The van der Waals surface area contributed by atoms with Gasteiger partial charge in [-0.2, -0.15) is 0 Å². The third-order valence-corrected chi connectivity index (χ3v) is 5.32. The molecule has 0 aromatic heterocycles. The Labute approximate surface area is 146 Å². The summed E-state index contributed by atoms with van der Waals surface area (Å²) in [5.74, 6) is -0.284. The highest BCUT2D eigenvalue weighted by Gasteiger charge is 2.35. The summed E-state index contributed by atoms with van der Waals surface area (Å²) in [4.78, 5) is 13.8. The summed E-state index contributed by atoms with van der Waals surface area (Å²) in [5.41, 5.74) is 1.32. The van der Waals surface area contributed by atoms with Crippen molar-refractivity contribution in [3.63, 3.8) is 0 Å². The van der Waals surface area contributed by atoms with Gasteiger partial charge in [-0.25, -0.2) is 4.39 Å². The van der Waals surface area contributed by atoms with E-state index in [1.165, 1.54) is 30.0 Å². The third-order valence-electron chi connectivity index (χ3n) is 3.28. The van der Waals surface area contributed by atoms with Crippen LogP contribution < -0.4 is 4.90 Å². The average molecular weight is 377 g/mol. The van der Waals surface area contributed by atoms with E-state index in [0.29, 0.717) is 21.5 Å². The molecule has 1 amide bonds. The van der Waals surface area contributed by atoms with Crippen LogP contribution in [0.15, 0.2) is 36.4 Å². The minimum absolute atomic E-state index is 0.0249. The second-order valence-corrected chi connectivity index (χ2v) is 7.01. The van der Waals surface area contributed by atoms with Gasteiger partial charge in [-0.1, -0.05) is 40.9 Å². The minimum Gasteiger partial charge on any atom is -0.295 e. The maximum atomic E-state index is 13.3. The van der Waals surface area contributed by atoms with E-state index >= 15 is 0 Å². The Morgan fingerprint density at radius 2 is 1.86 bits per heavy atom. The van der Waals surface area contributed by atoms with Gasteiger partial charge in [0.1, 0.15) is 11.2 Å². The van der Waals surface area contributed by atoms with Gasteiger partial charge in [0.05, 0.1) is 10.8 Å². The number of nitrogens with zero attached hydrogens (tertiary/aromatic N) is 1. The molecule has 2 nitrogen and oxygen atoms in total. The number of hydrogen-bond acceptors (Lipinski definition) is 2. The number of rotatable bonds is 2. The molecule has 1 atom stereocenters. The molecule has 0 N–H and O–H groups in total. The van der Waals surface area contributed by atoms with E-state index in [-0.39, 0.29) is 16.3 Å². The summed E-state index contributed by atoms with van der Waals surface area (Å²) >= 11 is 19.4. The van der Waals surface area contributed by atoms with Crippen LogP contribution >= 0.6 is 46.6 Å². The first kappa shape index (κ1) is 15.9. The Balaban J connectivity index is 2.03. The third kappa shape index (κ3) is 2.93. The van der Waals surface area contributed by atoms with Crippen LogP contribution in [0.3, 0.4) is 0 Å². The lowest BCUT2D eigenvalue weighted by molar-refractivity contribution is -0.115. The summed E-state index contributed by atoms with van der Waals surface area (Å²) in [6.07, 6.45) is 0. The largest absolute Gasteiger partial charge is 0.295 e. The first-order valence-corrected chi connectivity index (χ1v) is 8.49. The van der Waals surface area contributed by atoms with Crippen molar-refractivity contribution < 1.29 is 9.18 Å². The van der Waals surface area contributed by atoms with Gasteiger partial charge in [0.2, 0.25) is 5.91 Å². The summed E-state index contributed by atoms with van der Waals surface area (Å²) in [6.45, 7) is 0. The molecule has 0 bridgehead atoms. The van der Waals surface area contributed by atoms with Gasteiger partial charge in [0, 0.05) is 21.3 Å². The highest BCUT2D eigenvalue weighted by molar-refractivity contribution is 8.00. The number of thioether (sulfide) groups is 1. The van der Waals surface area contributed by atoms with Crippen LogP contribution in [0.4, 0.5) is 10.1 Å². The van der Waals surface area contributed by atoms with Crippen molar-refractivity contribution >= 4 is 58.2 Å². The van der Waals surface area contributed by atoms with Gasteiger partial charge in [0.25, 0.3) is 0 Å². The van der Waals surface area contributed by atoms with E-state index in [4.69, 9.17) is 34.8 Å². The van der Waals surface area contributed by atoms with Crippen LogP contribution in [-0.2, 0) is 4.79 Å². The van der Waals surface area contributed by atoms with Crippen LogP contribution in [0.5, 0.6) is 0 Å². The van der Waals surface area contributed by atoms with Crippen molar-refractivity contribution in [2.75, 3.05) is 10.7 Å². The summed E-state index contributed by atoms with van der Waals surface area (Å²) in [7, 11) is 0. The van der Waals surface area contributed by atoms with Crippen molar-refractivity contribution in [2.24, 2.45) is 0 Å². The van der Waals surface area contributed by atoms with Crippen molar-refractivity contribution in [3.05, 3.63) is 62.8 Å². The van der Waals surface area contributed by atoms with Gasteiger partial charge in [-0.3, -0.25) is 9.69 Å². The van der Waals surface area contributed by atoms with Crippen LogP contribution in [0.25, 0.3) is 0 Å². The normalized spacial score (nSPS) is 18.1. The van der Waals surface area contributed by atoms with Crippen LogP contribution in [0.2, 0.25) is 15.1 Å². The predicted octanol–water partition coefficient (Wildman–Crippen LogP) is 5.56. The van der Waals surface area contributed by atoms with Crippen LogP contribution in [0, 0.1) is 5.82 Å². The van der Waals surface area contributed by atoms with Crippen LogP contribution in [-0.4, -0.2) is 11.7 Å². The van der Waals surface area contributed by atoms with Crippen molar-refractivity contribution in [1.82, 2.24) is 0 Å². The molecule has 7 heteroatoms. The molecule has 3 rings (SSSR count). The second kappa shape index (κ2) is 6.28. The fraction of sp³-hybridized carbons (Fsp3) is 0.133. The Morgan fingerprint density at radius 1 is 1.09 bits per heavy atom. The van der Waals surface area contributed by atoms with Gasteiger partial charge in [-0.15, -0.1) is 11.8 Å². The van der Waals surface area contributed by atoms with E-state index in [1.807, 2.05) is 0 Å². The van der Waals surface area contributed by atoms with Crippen molar-refractivity contribution in [1.29, 1.82) is 0 Å². The van der Waals surface area contributed by atoms with Crippen molar-refractivity contribution in [2.45, 2.75) is 5.37 Å². The molecule has 0 radical (unpaired) electrons. The number of carbonyl (C=O) groups excluding carboxylic acids is 1. The highest BCUT2D eigenvalue weighted by atomic mass is 35.5. The van der Waals surface area contributed by atoms with Gasteiger partial charge in [0.15, 0.2) is 0 Å². The topological polar surface area (TPSA) is 20.3 Å². The molecule has 2 aromatic carbocycles. The van der Waals surface area contributed by atoms with Gasteiger partial charge < -0.3 is 0 Å². The number of halogens is 4. The quantitative estimate of drug-likeness (QED) is 0.683. The standard InChI is InChI=1S/C15H9Cl3FNOS/c16-8-1-3-10(11(17)5-8)15-20(14(21)7-22-15)9-2-4-13(19)12(18)6-9/h1-6,15H,7H2/t15-/m1/s1. The minimum atomic E-state index is -0.522. The molecule has 0 spiro atoms. The lowest BCUT2D eigenvalue weighted by atomic mass is 10.2. The smallest absolute Gasteiger partial charge is 0.238 e. The maximum absolute atomic E-state index is 13.3. The van der Waals surface area contributed by atoms with Gasteiger partial charge >= 0.3 is 0 Å². The van der Waals surface area contributed by atoms with E-state index in [1.54, 1.807) is 23.1 Å². The molecular weight excluding hydrogens is 368 g/mol. The highest BCUT2D eigenvalue weighted by Crippen LogP contribution is 2.44. The van der Waals surface area contributed by atoms with E-state index in [9.17, 15) is 9.18 Å². The molecule has 0 aliphatic carbocycles. The molecule has 0 saturated carbocycles. The Hall–Kier alpha value is -0.940. The molecular formula is C15H9Cl3FNOS. The van der Waals surface area contributed by atoms with Gasteiger partial charge in [-0.05, 0) is 30.3 Å². The second-order valence-electron chi connectivity index (χ2n) is 4.69. The zero-order chi connectivity index (χ0) is 15.9. The number of hydrogen-bond donors (Lipinski definition) is 0. The van der Waals surface area contributed by atoms with Crippen molar-refractivity contribution in [3.8, 4) is 0 Å². The number of carbonyl (C=O) groups is 1. The predicted molar refractivity (Wildman–Crippen MR) is 90.6 cm³/mol. The van der Waals surface area contributed by atoms with E-state index in [2.05, 4.69) is 0 Å². The summed E-state index contributed by atoms with van der Waals surface area (Å²) in [5, 5.41) is 0.694. The summed E-state index contributed by atoms with van der Waals surface area (Å²) in [6, 6.07) is 9.37. The zero-order valence-corrected chi connectivity index (χ0v) is 14.1. The van der Waals surface area contributed by atoms with Crippen LogP contribution in [0.1, 0.15) is 10.9 Å². The molecule has 1 aliphatic rings. The number of amides is 1. The van der Waals surface area contributed by atoms with E-state index < -0.39 is 5.82 Å². The molecule has 1 fully saturated rings. The lowest BCUT2D eigenvalue weighted by Crippen LogP contribution is -2.28. The fourth-order valence-corrected chi connectivity index (χ4v) is 4.23. The molecule has 2 aromatic rings. The molecule has 1 heterocycles. The molecule has 114 valence electrons. The number of benzene rings is 2. The summed E-state index contributed by atoms with van der Waals surface area (Å²) < 4.78 is 13.3. The molecule has 0 unspecified atom stereocenters. The Bertz CT molecular complexity index is 756. The maximum Gasteiger partial charge on any atom is 0.238 e. The average Bonchev–Trinajstić information content (AvgIpc) is 2.84. The lowest BCUT2D eigenvalue weighted by Gasteiger charge is -2.25. The molecule has 1 saturated heterocycles. The SMILES string of the molecule is O=C1CS[C@H](c2ccc(Cl)cc2Cl)N1c1ccc(F)c(Cl)c1. The Kier molecular flexibility index (Phi) is 4.55. The first-order chi connectivity index (χ1) is 10.5. The zero-order valence-electron chi connectivity index (χ0n) is 11.0. The fourth-order valence-electron chi connectivity index (χ4n) is 2.27. The Morgan fingerprint density at radius 3 is 2.55 bits per heavy atom. The molecule has 22 heavy (non-hydrogen) atoms.